The summed E-state index contributed by atoms with van der Waals surface area (Å²) in [4.78, 5) is 19.2. The number of fused-ring (bicyclic) bond motifs is 1. The topological polar surface area (TPSA) is 67.3 Å². The van der Waals surface area contributed by atoms with E-state index in [2.05, 4.69) is 4.98 Å². The molecule has 0 aliphatic carbocycles. The summed E-state index contributed by atoms with van der Waals surface area (Å²) in [6.07, 6.45) is 0.466. The summed E-state index contributed by atoms with van der Waals surface area (Å²) in [5.41, 5.74) is 1.54. The first-order valence-electron chi connectivity index (χ1n) is 8.68. The summed E-state index contributed by atoms with van der Waals surface area (Å²) in [5.74, 6) is 0.215. The molecule has 2 heterocycles. The number of anilines is 1. The monoisotopic (exact) mass is 452 g/mol. The van der Waals surface area contributed by atoms with Gasteiger partial charge in [0.05, 0.1) is 33.5 Å². The Morgan fingerprint density at radius 3 is 2.75 bits per heavy atom. The average Bonchev–Trinajstić information content (AvgIpc) is 3.23. The van der Waals surface area contributed by atoms with Crippen molar-refractivity contribution in [2.24, 2.45) is 0 Å². The number of rotatable bonds is 5. The third kappa shape index (κ3) is 4.35. The van der Waals surface area contributed by atoms with Gasteiger partial charge in [-0.2, -0.15) is 0 Å². The molecule has 0 N–H and O–H groups in total. The maximum absolute atomic E-state index is 13.1. The number of amides is 1. The first-order valence-corrected chi connectivity index (χ1v) is 12.7. The SMILES string of the molecule is O=C(CSc1nc2cc(Cl)ccc2s1)N(c1ccccc1)[C@@H]1CCS(=O)(=O)C1. The van der Waals surface area contributed by atoms with Gasteiger partial charge in [-0.25, -0.2) is 13.4 Å². The van der Waals surface area contributed by atoms with E-state index in [1.165, 1.54) is 23.1 Å². The molecule has 0 radical (unpaired) electrons. The number of benzene rings is 2. The Labute approximate surface area is 176 Å². The zero-order valence-corrected chi connectivity index (χ0v) is 18.0. The van der Waals surface area contributed by atoms with Crippen LogP contribution >= 0.6 is 34.7 Å². The van der Waals surface area contributed by atoms with Crippen LogP contribution in [0.15, 0.2) is 52.9 Å². The number of aromatic nitrogens is 1. The highest BCUT2D eigenvalue weighted by atomic mass is 35.5. The van der Waals surface area contributed by atoms with E-state index in [1.54, 1.807) is 11.0 Å². The molecular weight excluding hydrogens is 436 g/mol. The van der Waals surface area contributed by atoms with Gasteiger partial charge in [-0.3, -0.25) is 4.79 Å². The fraction of sp³-hybridized carbons (Fsp3) is 0.263. The third-order valence-electron chi connectivity index (χ3n) is 4.53. The van der Waals surface area contributed by atoms with Crippen molar-refractivity contribution in [1.29, 1.82) is 0 Å². The van der Waals surface area contributed by atoms with Crippen LogP contribution in [0.5, 0.6) is 0 Å². The lowest BCUT2D eigenvalue weighted by atomic mass is 10.2. The van der Waals surface area contributed by atoms with Crippen LogP contribution in [0.4, 0.5) is 5.69 Å². The lowest BCUT2D eigenvalue weighted by Gasteiger charge is -2.28. The number of thioether (sulfide) groups is 1. The highest BCUT2D eigenvalue weighted by Crippen LogP contribution is 2.32. The number of carbonyl (C=O) groups excluding carboxylic acids is 1. The zero-order valence-electron chi connectivity index (χ0n) is 14.7. The van der Waals surface area contributed by atoms with E-state index in [-0.39, 0.29) is 29.2 Å². The third-order valence-corrected chi connectivity index (χ3v) is 8.68. The fourth-order valence-corrected chi connectivity index (χ4v) is 7.03. The number of hydrogen-bond acceptors (Lipinski definition) is 6. The van der Waals surface area contributed by atoms with Gasteiger partial charge in [0, 0.05) is 10.7 Å². The van der Waals surface area contributed by atoms with Gasteiger partial charge < -0.3 is 4.90 Å². The molecule has 146 valence electrons. The molecule has 9 heteroatoms. The Hall–Kier alpha value is -1.61. The number of thiazole rings is 1. The Morgan fingerprint density at radius 2 is 2.04 bits per heavy atom. The van der Waals surface area contributed by atoms with E-state index >= 15 is 0 Å². The summed E-state index contributed by atoms with van der Waals surface area (Å²) < 4.78 is 25.7. The largest absolute Gasteiger partial charge is 0.308 e. The van der Waals surface area contributed by atoms with Gasteiger partial charge in [0.1, 0.15) is 0 Å². The smallest absolute Gasteiger partial charge is 0.237 e. The summed E-state index contributed by atoms with van der Waals surface area (Å²) in [7, 11) is -3.09. The van der Waals surface area contributed by atoms with Crippen LogP contribution in [-0.4, -0.2) is 42.6 Å². The van der Waals surface area contributed by atoms with Crippen LogP contribution in [0.25, 0.3) is 10.2 Å². The van der Waals surface area contributed by atoms with Crippen molar-refractivity contribution in [3.05, 3.63) is 53.6 Å². The maximum atomic E-state index is 13.1. The summed E-state index contributed by atoms with van der Waals surface area (Å²) in [6.45, 7) is 0. The molecule has 28 heavy (non-hydrogen) atoms. The molecule has 1 saturated heterocycles. The first-order chi connectivity index (χ1) is 13.4. The minimum absolute atomic E-state index is 0.0118. The number of halogens is 1. The maximum Gasteiger partial charge on any atom is 0.237 e. The van der Waals surface area contributed by atoms with Gasteiger partial charge in [-0.1, -0.05) is 41.6 Å². The first kappa shape index (κ1) is 19.7. The second-order valence-corrected chi connectivity index (χ2v) is 11.5. The molecule has 5 nitrogen and oxygen atoms in total. The van der Waals surface area contributed by atoms with Gasteiger partial charge in [0.25, 0.3) is 0 Å². The van der Waals surface area contributed by atoms with Crippen molar-refractivity contribution in [1.82, 2.24) is 4.98 Å². The Balaban J connectivity index is 1.53. The molecule has 3 aromatic rings. The number of hydrogen-bond donors (Lipinski definition) is 0. The number of sulfone groups is 1. The van der Waals surface area contributed by atoms with E-state index in [1.807, 2.05) is 42.5 Å². The second-order valence-electron chi connectivity index (χ2n) is 6.54. The van der Waals surface area contributed by atoms with E-state index < -0.39 is 9.84 Å². The second kappa shape index (κ2) is 8.02. The Kier molecular flexibility index (Phi) is 5.64. The van der Waals surface area contributed by atoms with Crippen LogP contribution in [0.3, 0.4) is 0 Å². The lowest BCUT2D eigenvalue weighted by Crippen LogP contribution is -2.42. The highest BCUT2D eigenvalue weighted by Gasteiger charge is 2.35. The Bertz CT molecular complexity index is 1120. The molecule has 1 fully saturated rings. The van der Waals surface area contributed by atoms with Crippen LogP contribution < -0.4 is 4.90 Å². The molecule has 1 aromatic heterocycles. The molecule has 1 aliphatic heterocycles. The van der Waals surface area contributed by atoms with Crippen LogP contribution in [0.1, 0.15) is 6.42 Å². The predicted molar refractivity (Wildman–Crippen MR) is 116 cm³/mol. The molecule has 1 aliphatic rings. The normalized spacial score (nSPS) is 18.4. The number of carbonyl (C=O) groups is 1. The van der Waals surface area contributed by atoms with Crippen LogP contribution in [0, 0.1) is 0 Å². The van der Waals surface area contributed by atoms with Crippen molar-refractivity contribution in [3.8, 4) is 0 Å². The van der Waals surface area contributed by atoms with Crippen molar-refractivity contribution in [2.45, 2.75) is 16.8 Å². The number of nitrogens with zero attached hydrogens (tertiary/aromatic N) is 2. The van der Waals surface area contributed by atoms with E-state index in [0.29, 0.717) is 11.4 Å². The standard InChI is InChI=1S/C19H17ClN2O3S3/c20-13-6-7-17-16(10-13)21-19(27-17)26-11-18(23)22(14-4-2-1-3-5-14)15-8-9-28(24,25)12-15/h1-7,10,15H,8-9,11-12H2/t15-/m1/s1. The minimum atomic E-state index is -3.09. The average molecular weight is 453 g/mol. The minimum Gasteiger partial charge on any atom is -0.308 e. The summed E-state index contributed by atoms with van der Waals surface area (Å²) in [6, 6.07) is 14.5. The molecule has 0 saturated carbocycles. The van der Waals surface area contributed by atoms with Gasteiger partial charge in [-0.05, 0) is 36.8 Å². The Morgan fingerprint density at radius 1 is 1.25 bits per heavy atom. The molecular formula is C19H17ClN2O3S3. The molecule has 4 rings (SSSR count). The van der Waals surface area contributed by atoms with E-state index in [0.717, 1.165) is 20.2 Å². The number of para-hydroxylation sites is 1. The van der Waals surface area contributed by atoms with Crippen molar-refractivity contribution < 1.29 is 13.2 Å². The van der Waals surface area contributed by atoms with E-state index in [9.17, 15) is 13.2 Å². The van der Waals surface area contributed by atoms with Gasteiger partial charge >= 0.3 is 0 Å². The van der Waals surface area contributed by atoms with Gasteiger partial charge in [0.15, 0.2) is 14.2 Å². The molecule has 1 atom stereocenters. The molecule has 0 unspecified atom stereocenters. The van der Waals surface area contributed by atoms with Crippen LogP contribution in [-0.2, 0) is 14.6 Å². The highest BCUT2D eigenvalue weighted by molar-refractivity contribution is 8.01. The van der Waals surface area contributed by atoms with Crippen molar-refractivity contribution >= 4 is 66.3 Å². The lowest BCUT2D eigenvalue weighted by molar-refractivity contribution is -0.116. The van der Waals surface area contributed by atoms with Crippen LogP contribution in [0.2, 0.25) is 5.02 Å². The van der Waals surface area contributed by atoms with Crippen molar-refractivity contribution in [3.63, 3.8) is 0 Å². The van der Waals surface area contributed by atoms with E-state index in [4.69, 9.17) is 11.6 Å². The van der Waals surface area contributed by atoms with Crippen molar-refractivity contribution in [2.75, 3.05) is 22.2 Å². The summed E-state index contributed by atoms with van der Waals surface area (Å²) in [5, 5.41) is 0.628. The van der Waals surface area contributed by atoms with Gasteiger partial charge in [-0.15, -0.1) is 11.3 Å². The molecule has 0 bridgehead atoms. The molecule has 1 amide bonds. The zero-order chi connectivity index (χ0) is 19.7. The van der Waals surface area contributed by atoms with Gasteiger partial charge in [0.2, 0.25) is 5.91 Å². The summed E-state index contributed by atoms with van der Waals surface area (Å²) >= 11 is 8.89. The molecule has 2 aromatic carbocycles. The quantitative estimate of drug-likeness (QED) is 0.541. The fourth-order valence-electron chi connectivity index (χ4n) is 3.26. The molecule has 0 spiro atoms. The predicted octanol–water partition coefficient (Wildman–Crippen LogP) is 4.26.